The topological polar surface area (TPSA) is 105 Å². The molecule has 8 nitrogen and oxygen atoms in total. The van der Waals surface area contributed by atoms with Crippen molar-refractivity contribution < 1.29 is 22.7 Å². The maximum absolute atomic E-state index is 13.5. The molecule has 0 aliphatic carbocycles. The summed E-state index contributed by atoms with van der Waals surface area (Å²) in [5.41, 5.74) is 1.68. The Morgan fingerprint density at radius 3 is 2.29 bits per heavy atom. The lowest BCUT2D eigenvalue weighted by atomic mass is 10.1. The van der Waals surface area contributed by atoms with Gasteiger partial charge in [-0.05, 0) is 55.5 Å². The normalized spacial score (nSPS) is 11.1. The van der Waals surface area contributed by atoms with Gasteiger partial charge in [0.05, 0.1) is 28.4 Å². The zero-order valence-electron chi connectivity index (χ0n) is 19.3. The molecule has 3 rings (SSSR count). The lowest BCUT2D eigenvalue weighted by molar-refractivity contribution is -0.114. The number of halogens is 1. The fourth-order valence-corrected chi connectivity index (χ4v) is 4.78. The predicted molar refractivity (Wildman–Crippen MR) is 136 cm³/mol. The second-order valence-electron chi connectivity index (χ2n) is 7.64. The molecule has 0 atom stereocenters. The molecular formula is C25H26ClN3O5S. The molecule has 0 aromatic heterocycles. The number of ether oxygens (including phenoxy) is 1. The summed E-state index contributed by atoms with van der Waals surface area (Å²) in [7, 11) is -2.55. The van der Waals surface area contributed by atoms with Crippen molar-refractivity contribution in [2.75, 3.05) is 36.4 Å². The zero-order chi connectivity index (χ0) is 25.4. The van der Waals surface area contributed by atoms with Gasteiger partial charge in [0, 0.05) is 18.7 Å². The molecule has 0 heterocycles. The molecule has 2 amide bonds. The molecule has 3 aromatic rings. The number of rotatable bonds is 10. The average molecular weight is 516 g/mol. The second-order valence-corrected chi connectivity index (χ2v) is 9.94. The number of hydrogen-bond donors (Lipinski definition) is 2. The highest BCUT2D eigenvalue weighted by Gasteiger charge is 2.27. The SMILES string of the molecule is COCCNC(=O)c1ccccc1NC(=O)CN(c1ccc(Cl)cc1)S(=O)(=O)c1ccc(C)cc1. The van der Waals surface area contributed by atoms with Gasteiger partial charge in [-0.25, -0.2) is 8.42 Å². The van der Waals surface area contributed by atoms with E-state index in [1.807, 2.05) is 6.92 Å². The lowest BCUT2D eigenvalue weighted by Crippen LogP contribution is -2.38. The van der Waals surface area contributed by atoms with Gasteiger partial charge in [0.1, 0.15) is 6.54 Å². The molecule has 0 saturated carbocycles. The van der Waals surface area contributed by atoms with Crippen LogP contribution in [-0.4, -0.2) is 47.0 Å². The Labute approximate surface area is 209 Å². The molecule has 0 bridgehead atoms. The number of benzene rings is 3. The summed E-state index contributed by atoms with van der Waals surface area (Å²) < 4.78 is 32.9. The van der Waals surface area contributed by atoms with Crippen LogP contribution >= 0.6 is 11.6 Å². The van der Waals surface area contributed by atoms with Crippen LogP contribution in [0.4, 0.5) is 11.4 Å². The highest BCUT2D eigenvalue weighted by molar-refractivity contribution is 7.92. The number of aryl methyl sites for hydroxylation is 1. The molecule has 0 radical (unpaired) electrons. The summed E-state index contributed by atoms with van der Waals surface area (Å²) in [6, 6.07) is 19.0. The van der Waals surface area contributed by atoms with Crippen LogP contribution < -0.4 is 14.9 Å². The van der Waals surface area contributed by atoms with E-state index in [9.17, 15) is 18.0 Å². The van der Waals surface area contributed by atoms with E-state index in [4.69, 9.17) is 16.3 Å². The van der Waals surface area contributed by atoms with Crippen molar-refractivity contribution in [3.63, 3.8) is 0 Å². The average Bonchev–Trinajstić information content (AvgIpc) is 2.84. The van der Waals surface area contributed by atoms with E-state index in [2.05, 4.69) is 10.6 Å². The highest BCUT2D eigenvalue weighted by Crippen LogP contribution is 2.26. The molecule has 2 N–H and O–H groups in total. The summed E-state index contributed by atoms with van der Waals surface area (Å²) >= 11 is 5.98. The Hall–Kier alpha value is -3.40. The second kappa shape index (κ2) is 11.8. The number of carbonyl (C=O) groups is 2. The van der Waals surface area contributed by atoms with Gasteiger partial charge in [-0.1, -0.05) is 41.4 Å². The molecule has 0 fully saturated rings. The summed E-state index contributed by atoms with van der Waals surface area (Å²) in [5, 5.41) is 5.79. The van der Waals surface area contributed by atoms with Crippen LogP contribution in [0.15, 0.2) is 77.7 Å². The quantitative estimate of drug-likeness (QED) is 0.399. The van der Waals surface area contributed by atoms with Gasteiger partial charge >= 0.3 is 0 Å². The Balaban J connectivity index is 1.88. The highest BCUT2D eigenvalue weighted by atomic mass is 35.5. The maximum atomic E-state index is 13.5. The van der Waals surface area contributed by atoms with Gasteiger partial charge in [0.2, 0.25) is 5.91 Å². The van der Waals surface area contributed by atoms with Crippen molar-refractivity contribution in [3.05, 3.63) is 88.9 Å². The molecule has 35 heavy (non-hydrogen) atoms. The number of carbonyl (C=O) groups excluding carboxylic acids is 2. The smallest absolute Gasteiger partial charge is 0.264 e. The number of nitrogens with one attached hydrogen (secondary N) is 2. The Bertz CT molecular complexity index is 1280. The predicted octanol–water partition coefficient (Wildman–Crippen LogP) is 3.86. The lowest BCUT2D eigenvalue weighted by Gasteiger charge is -2.24. The molecular weight excluding hydrogens is 490 g/mol. The minimum atomic E-state index is -4.08. The van der Waals surface area contributed by atoms with E-state index in [1.165, 1.54) is 31.4 Å². The zero-order valence-corrected chi connectivity index (χ0v) is 20.9. The Kier molecular flexibility index (Phi) is 8.86. The fraction of sp³-hybridized carbons (Fsp3) is 0.200. The van der Waals surface area contributed by atoms with Crippen LogP contribution in [0.25, 0.3) is 0 Å². The fourth-order valence-electron chi connectivity index (χ4n) is 3.23. The number of methoxy groups -OCH3 is 1. The summed E-state index contributed by atoms with van der Waals surface area (Å²) in [6.07, 6.45) is 0. The first-order chi connectivity index (χ1) is 16.7. The third kappa shape index (κ3) is 6.82. The van der Waals surface area contributed by atoms with Crippen LogP contribution in [0.5, 0.6) is 0 Å². The van der Waals surface area contributed by atoms with Gasteiger partial charge < -0.3 is 15.4 Å². The summed E-state index contributed by atoms with van der Waals surface area (Å²) in [4.78, 5) is 25.6. The Morgan fingerprint density at radius 1 is 0.971 bits per heavy atom. The van der Waals surface area contributed by atoms with Gasteiger partial charge in [0.25, 0.3) is 15.9 Å². The first kappa shape index (κ1) is 26.2. The van der Waals surface area contributed by atoms with E-state index in [1.54, 1.807) is 48.5 Å². The summed E-state index contributed by atoms with van der Waals surface area (Å²) in [5.74, 6) is -1.01. The van der Waals surface area contributed by atoms with E-state index >= 15 is 0 Å². The van der Waals surface area contributed by atoms with Crippen molar-refractivity contribution >= 4 is 44.8 Å². The largest absolute Gasteiger partial charge is 0.383 e. The first-order valence-electron chi connectivity index (χ1n) is 10.7. The van der Waals surface area contributed by atoms with Crippen LogP contribution in [-0.2, 0) is 19.6 Å². The van der Waals surface area contributed by atoms with E-state index in [0.29, 0.717) is 18.2 Å². The number of nitrogens with zero attached hydrogens (tertiary/aromatic N) is 1. The maximum Gasteiger partial charge on any atom is 0.264 e. The molecule has 184 valence electrons. The molecule has 0 aliphatic rings. The van der Waals surface area contributed by atoms with Crippen molar-refractivity contribution in [2.45, 2.75) is 11.8 Å². The van der Waals surface area contributed by atoms with Crippen molar-refractivity contribution in [2.24, 2.45) is 0 Å². The molecule has 0 saturated heterocycles. The first-order valence-corrected chi connectivity index (χ1v) is 12.5. The Morgan fingerprint density at radius 2 is 1.63 bits per heavy atom. The van der Waals surface area contributed by atoms with Gasteiger partial charge in [-0.2, -0.15) is 0 Å². The number of hydrogen-bond acceptors (Lipinski definition) is 5. The van der Waals surface area contributed by atoms with Crippen molar-refractivity contribution in [1.29, 1.82) is 0 Å². The molecule has 0 spiro atoms. The molecule has 0 unspecified atom stereocenters. The van der Waals surface area contributed by atoms with E-state index in [-0.39, 0.29) is 27.7 Å². The van der Waals surface area contributed by atoms with Crippen LogP contribution in [0.3, 0.4) is 0 Å². The number of amides is 2. The van der Waals surface area contributed by atoms with Crippen molar-refractivity contribution in [3.8, 4) is 0 Å². The van der Waals surface area contributed by atoms with Gasteiger partial charge in [0.15, 0.2) is 0 Å². The van der Waals surface area contributed by atoms with Crippen LogP contribution in [0, 0.1) is 6.92 Å². The van der Waals surface area contributed by atoms with Crippen LogP contribution in [0.2, 0.25) is 5.02 Å². The number of para-hydroxylation sites is 1. The van der Waals surface area contributed by atoms with E-state index in [0.717, 1.165) is 9.87 Å². The third-order valence-electron chi connectivity index (χ3n) is 5.05. The standard InChI is InChI=1S/C25H26ClN3O5S/c1-18-7-13-21(14-8-18)35(32,33)29(20-11-9-19(26)10-12-20)17-24(30)28-23-6-4-3-5-22(23)25(31)27-15-16-34-2/h3-14H,15-17H2,1-2H3,(H,27,31)(H,28,30). The molecule has 10 heteroatoms. The number of sulfonamides is 1. The summed E-state index contributed by atoms with van der Waals surface area (Å²) in [6.45, 7) is 1.98. The number of anilines is 2. The minimum Gasteiger partial charge on any atom is -0.383 e. The van der Waals surface area contributed by atoms with E-state index < -0.39 is 22.5 Å². The van der Waals surface area contributed by atoms with Crippen molar-refractivity contribution in [1.82, 2.24) is 5.32 Å². The monoisotopic (exact) mass is 515 g/mol. The molecule has 3 aromatic carbocycles. The van der Waals surface area contributed by atoms with Crippen LogP contribution in [0.1, 0.15) is 15.9 Å². The molecule has 0 aliphatic heterocycles. The van der Waals surface area contributed by atoms with Gasteiger partial charge in [-0.15, -0.1) is 0 Å². The third-order valence-corrected chi connectivity index (χ3v) is 7.09. The van der Waals surface area contributed by atoms with Gasteiger partial charge in [-0.3, -0.25) is 13.9 Å². The minimum absolute atomic E-state index is 0.0452.